The van der Waals surface area contributed by atoms with Gasteiger partial charge in [0.05, 0.1) is 18.3 Å². The van der Waals surface area contributed by atoms with Crippen LogP contribution in [0.15, 0.2) is 60.7 Å². The van der Waals surface area contributed by atoms with Crippen molar-refractivity contribution in [2.75, 3.05) is 11.7 Å². The summed E-state index contributed by atoms with van der Waals surface area (Å²) in [6, 6.07) is 20.4. The molecule has 0 spiro atoms. The van der Waals surface area contributed by atoms with Crippen LogP contribution in [0, 0.1) is 0 Å². The van der Waals surface area contributed by atoms with Gasteiger partial charge in [0.1, 0.15) is 6.10 Å². The van der Waals surface area contributed by atoms with E-state index in [1.807, 2.05) is 53.6 Å². The predicted molar refractivity (Wildman–Crippen MR) is 74.7 cm³/mol. The largest absolute Gasteiger partial charge is 0.394 e. The van der Waals surface area contributed by atoms with Crippen molar-refractivity contribution in [3.63, 3.8) is 0 Å². The summed E-state index contributed by atoms with van der Waals surface area (Å²) in [5, 5.41) is 11.3. The van der Waals surface area contributed by atoms with Crippen LogP contribution in [0.4, 0.5) is 5.69 Å². The van der Waals surface area contributed by atoms with Gasteiger partial charge in [-0.3, -0.25) is 4.84 Å². The van der Waals surface area contributed by atoms with Crippen molar-refractivity contribution in [3.05, 3.63) is 66.2 Å². The molecule has 0 saturated carbocycles. The van der Waals surface area contributed by atoms with Gasteiger partial charge in [0, 0.05) is 6.42 Å². The average Bonchev–Trinajstić information content (AvgIpc) is 2.93. The van der Waals surface area contributed by atoms with E-state index in [0.29, 0.717) is 0 Å². The van der Waals surface area contributed by atoms with E-state index in [1.165, 1.54) is 5.56 Å². The van der Waals surface area contributed by atoms with Crippen LogP contribution in [0.25, 0.3) is 0 Å². The Kier molecular flexibility index (Phi) is 3.49. The monoisotopic (exact) mass is 255 g/mol. The number of hydrogen-bond donors (Lipinski definition) is 1. The minimum atomic E-state index is -0.134. The third-order valence-electron chi connectivity index (χ3n) is 3.43. The second-order valence-electron chi connectivity index (χ2n) is 4.73. The number of benzene rings is 2. The van der Waals surface area contributed by atoms with Gasteiger partial charge < -0.3 is 5.11 Å². The molecule has 2 aromatic carbocycles. The Morgan fingerprint density at radius 2 is 1.63 bits per heavy atom. The van der Waals surface area contributed by atoms with Gasteiger partial charge in [-0.15, -0.1) is 0 Å². The summed E-state index contributed by atoms with van der Waals surface area (Å²) in [5.74, 6) is 0. The van der Waals surface area contributed by atoms with Crippen molar-refractivity contribution >= 4 is 5.69 Å². The minimum Gasteiger partial charge on any atom is -0.394 e. The highest BCUT2D eigenvalue weighted by Gasteiger charge is 2.34. The summed E-state index contributed by atoms with van der Waals surface area (Å²) in [7, 11) is 0. The summed E-state index contributed by atoms with van der Waals surface area (Å²) >= 11 is 0. The second kappa shape index (κ2) is 5.43. The van der Waals surface area contributed by atoms with Gasteiger partial charge in [-0.2, -0.15) is 0 Å². The molecule has 98 valence electrons. The van der Waals surface area contributed by atoms with Crippen LogP contribution >= 0.6 is 0 Å². The van der Waals surface area contributed by atoms with Crippen molar-refractivity contribution in [2.24, 2.45) is 0 Å². The normalized spacial score (nSPS) is 22.7. The number of anilines is 1. The predicted octanol–water partition coefficient (Wildman–Crippen LogP) is 2.93. The smallest absolute Gasteiger partial charge is 0.111 e. The zero-order chi connectivity index (χ0) is 13.1. The summed E-state index contributed by atoms with van der Waals surface area (Å²) in [6.45, 7) is 0.0483. The Balaban J connectivity index is 1.92. The first-order chi connectivity index (χ1) is 9.38. The first-order valence-electron chi connectivity index (χ1n) is 6.55. The van der Waals surface area contributed by atoms with E-state index < -0.39 is 0 Å². The molecule has 1 aliphatic rings. The molecule has 3 nitrogen and oxygen atoms in total. The molecule has 19 heavy (non-hydrogen) atoms. The standard InChI is InChI=1S/C16H17NO2/c18-12-15-11-16(13-7-3-1-4-8-13)17(19-15)14-9-5-2-6-10-14/h1-10,15-16,18H,11-12H2/t15-,16-/m1/s1. The van der Waals surface area contributed by atoms with Crippen LogP contribution in [0.5, 0.6) is 0 Å². The first-order valence-corrected chi connectivity index (χ1v) is 6.55. The lowest BCUT2D eigenvalue weighted by Crippen LogP contribution is -2.22. The molecule has 1 N–H and O–H groups in total. The van der Waals surface area contributed by atoms with Crippen LogP contribution in [-0.4, -0.2) is 17.8 Å². The van der Waals surface area contributed by atoms with E-state index in [4.69, 9.17) is 4.84 Å². The molecule has 1 saturated heterocycles. The molecule has 0 bridgehead atoms. The molecule has 1 fully saturated rings. The van der Waals surface area contributed by atoms with Gasteiger partial charge in [-0.05, 0) is 17.7 Å². The van der Waals surface area contributed by atoms with Crippen molar-refractivity contribution in [1.29, 1.82) is 0 Å². The van der Waals surface area contributed by atoms with Gasteiger partial charge >= 0.3 is 0 Å². The molecule has 2 atom stereocenters. The van der Waals surface area contributed by atoms with Gasteiger partial charge in [-0.25, -0.2) is 5.06 Å². The Morgan fingerprint density at radius 3 is 2.26 bits per heavy atom. The molecule has 0 aliphatic carbocycles. The molecule has 0 amide bonds. The summed E-state index contributed by atoms with van der Waals surface area (Å²) in [5.41, 5.74) is 2.23. The lowest BCUT2D eigenvalue weighted by molar-refractivity contribution is 0.0406. The van der Waals surface area contributed by atoms with Gasteiger partial charge in [-0.1, -0.05) is 48.5 Å². The average molecular weight is 255 g/mol. The molecule has 1 aliphatic heterocycles. The van der Waals surface area contributed by atoms with E-state index in [-0.39, 0.29) is 18.8 Å². The number of para-hydroxylation sites is 1. The SMILES string of the molecule is OC[C@H]1C[C@H](c2ccccc2)N(c2ccccc2)O1. The van der Waals surface area contributed by atoms with Gasteiger partial charge in [0.15, 0.2) is 0 Å². The zero-order valence-corrected chi connectivity index (χ0v) is 10.6. The highest BCUT2D eigenvalue weighted by atomic mass is 16.7. The molecule has 0 unspecified atom stereocenters. The maximum absolute atomic E-state index is 9.34. The highest BCUT2D eigenvalue weighted by molar-refractivity contribution is 5.47. The zero-order valence-electron chi connectivity index (χ0n) is 10.6. The number of rotatable bonds is 3. The topological polar surface area (TPSA) is 32.7 Å². The molecule has 1 heterocycles. The Bertz CT molecular complexity index is 467. The van der Waals surface area contributed by atoms with Crippen molar-refractivity contribution in [3.8, 4) is 0 Å². The lowest BCUT2D eigenvalue weighted by atomic mass is 10.0. The van der Waals surface area contributed by atoms with Crippen LogP contribution in [-0.2, 0) is 4.84 Å². The fraction of sp³-hybridized carbons (Fsp3) is 0.250. The maximum atomic E-state index is 9.34. The Labute approximate surface area is 113 Å². The minimum absolute atomic E-state index is 0.0483. The molecule has 3 rings (SSSR count). The van der Waals surface area contributed by atoms with Crippen LogP contribution in [0.3, 0.4) is 0 Å². The third-order valence-corrected chi connectivity index (χ3v) is 3.43. The summed E-state index contributed by atoms with van der Waals surface area (Å²) < 4.78 is 0. The third kappa shape index (κ3) is 2.48. The molecule has 0 aromatic heterocycles. The number of hydroxylamine groups is 1. The fourth-order valence-corrected chi connectivity index (χ4v) is 2.49. The highest BCUT2D eigenvalue weighted by Crippen LogP contribution is 2.37. The Hall–Kier alpha value is -1.84. The van der Waals surface area contributed by atoms with Crippen LogP contribution < -0.4 is 5.06 Å². The lowest BCUT2D eigenvalue weighted by Gasteiger charge is -2.25. The molecular formula is C16H17NO2. The van der Waals surface area contributed by atoms with Crippen LogP contribution in [0.2, 0.25) is 0 Å². The number of aliphatic hydroxyl groups is 1. The number of nitrogens with zero attached hydrogens (tertiary/aromatic N) is 1. The summed E-state index contributed by atoms with van der Waals surface area (Å²) in [4.78, 5) is 5.85. The maximum Gasteiger partial charge on any atom is 0.111 e. The molecular weight excluding hydrogens is 238 g/mol. The molecule has 3 heteroatoms. The first kappa shape index (κ1) is 12.2. The van der Waals surface area contributed by atoms with Crippen molar-refractivity contribution in [2.45, 2.75) is 18.6 Å². The van der Waals surface area contributed by atoms with Crippen molar-refractivity contribution < 1.29 is 9.94 Å². The van der Waals surface area contributed by atoms with Crippen molar-refractivity contribution in [1.82, 2.24) is 0 Å². The fourth-order valence-electron chi connectivity index (χ4n) is 2.49. The van der Waals surface area contributed by atoms with E-state index in [9.17, 15) is 5.11 Å². The number of aliphatic hydroxyl groups excluding tert-OH is 1. The summed E-state index contributed by atoms with van der Waals surface area (Å²) in [6.07, 6.45) is 0.667. The van der Waals surface area contributed by atoms with E-state index in [1.54, 1.807) is 0 Å². The number of hydrogen-bond acceptors (Lipinski definition) is 3. The van der Waals surface area contributed by atoms with Crippen LogP contribution in [0.1, 0.15) is 18.0 Å². The second-order valence-corrected chi connectivity index (χ2v) is 4.73. The van der Waals surface area contributed by atoms with Gasteiger partial charge in [0.25, 0.3) is 0 Å². The van der Waals surface area contributed by atoms with E-state index in [2.05, 4.69) is 12.1 Å². The van der Waals surface area contributed by atoms with E-state index >= 15 is 0 Å². The molecule has 2 aromatic rings. The molecule has 0 radical (unpaired) electrons. The van der Waals surface area contributed by atoms with E-state index in [0.717, 1.165) is 12.1 Å². The van der Waals surface area contributed by atoms with Gasteiger partial charge in [0.2, 0.25) is 0 Å². The quantitative estimate of drug-likeness (QED) is 0.915. The Morgan fingerprint density at radius 1 is 1.00 bits per heavy atom.